The molecule has 0 bridgehead atoms. The third-order valence-electron chi connectivity index (χ3n) is 2.44. The fraction of sp³-hybridized carbons (Fsp3) is 0.167. The van der Waals surface area contributed by atoms with E-state index in [1.165, 1.54) is 13.2 Å². The molecular formula is C12H13ClFNOS. The van der Waals surface area contributed by atoms with Crippen LogP contribution in [0.5, 0.6) is 5.75 Å². The Hall–Kier alpha value is -1.10. The third kappa shape index (κ3) is 2.77. The lowest BCUT2D eigenvalue weighted by Crippen LogP contribution is -2.12. The fourth-order valence-electron chi connectivity index (χ4n) is 1.62. The van der Waals surface area contributed by atoms with Gasteiger partial charge in [0.1, 0.15) is 0 Å². The van der Waals surface area contributed by atoms with Crippen LogP contribution in [0.2, 0.25) is 0 Å². The van der Waals surface area contributed by atoms with Crippen molar-refractivity contribution in [3.8, 4) is 5.75 Å². The molecule has 1 aromatic carbocycles. The summed E-state index contributed by atoms with van der Waals surface area (Å²) in [5.41, 5.74) is 7.70. The summed E-state index contributed by atoms with van der Waals surface area (Å²) >= 11 is 1.57. The van der Waals surface area contributed by atoms with Crippen molar-refractivity contribution in [2.24, 2.45) is 5.73 Å². The maximum Gasteiger partial charge on any atom is 0.165 e. The van der Waals surface area contributed by atoms with Gasteiger partial charge in [-0.25, -0.2) is 4.39 Å². The van der Waals surface area contributed by atoms with Crippen LogP contribution < -0.4 is 10.5 Å². The van der Waals surface area contributed by atoms with E-state index in [9.17, 15) is 4.39 Å². The summed E-state index contributed by atoms with van der Waals surface area (Å²) in [6.45, 7) is 0. The normalized spacial score (nSPS) is 11.7. The molecular weight excluding hydrogens is 261 g/mol. The van der Waals surface area contributed by atoms with Gasteiger partial charge in [-0.05, 0) is 28.5 Å². The number of para-hydroxylation sites is 1. The van der Waals surface area contributed by atoms with Crippen LogP contribution in [0.1, 0.15) is 17.2 Å². The number of benzene rings is 1. The third-order valence-corrected chi connectivity index (χ3v) is 3.14. The zero-order chi connectivity index (χ0) is 11.5. The molecule has 0 aliphatic heterocycles. The van der Waals surface area contributed by atoms with Gasteiger partial charge in [0.25, 0.3) is 0 Å². The van der Waals surface area contributed by atoms with Crippen molar-refractivity contribution in [2.45, 2.75) is 6.04 Å². The summed E-state index contributed by atoms with van der Waals surface area (Å²) in [6.07, 6.45) is 0. The minimum Gasteiger partial charge on any atom is -0.493 e. The van der Waals surface area contributed by atoms with Gasteiger partial charge in [-0.2, -0.15) is 11.3 Å². The molecule has 0 radical (unpaired) electrons. The average Bonchev–Trinajstić information content (AvgIpc) is 2.81. The van der Waals surface area contributed by atoms with Crippen LogP contribution in [0.3, 0.4) is 0 Å². The first-order valence-corrected chi connectivity index (χ1v) is 5.78. The summed E-state index contributed by atoms with van der Waals surface area (Å²) in [7, 11) is 1.45. The molecule has 0 unspecified atom stereocenters. The molecule has 0 aliphatic rings. The van der Waals surface area contributed by atoms with Gasteiger partial charge in [-0.15, -0.1) is 12.4 Å². The Morgan fingerprint density at radius 1 is 1.35 bits per heavy atom. The molecule has 92 valence electrons. The maximum absolute atomic E-state index is 13.5. The second kappa shape index (κ2) is 6.00. The van der Waals surface area contributed by atoms with Crippen LogP contribution in [0.25, 0.3) is 0 Å². The van der Waals surface area contributed by atoms with Crippen LogP contribution in [-0.2, 0) is 0 Å². The van der Waals surface area contributed by atoms with Crippen molar-refractivity contribution in [3.05, 3.63) is 52.0 Å². The van der Waals surface area contributed by atoms with Gasteiger partial charge in [-0.3, -0.25) is 0 Å². The highest BCUT2D eigenvalue weighted by Crippen LogP contribution is 2.31. The average molecular weight is 274 g/mol. The molecule has 1 atom stereocenters. The Morgan fingerprint density at radius 3 is 2.71 bits per heavy atom. The van der Waals surface area contributed by atoms with E-state index in [4.69, 9.17) is 10.5 Å². The lowest BCUT2D eigenvalue weighted by molar-refractivity contribution is 0.380. The van der Waals surface area contributed by atoms with Crippen LogP contribution in [0, 0.1) is 5.82 Å². The van der Waals surface area contributed by atoms with Crippen molar-refractivity contribution in [2.75, 3.05) is 7.11 Å². The van der Waals surface area contributed by atoms with Crippen LogP contribution in [-0.4, -0.2) is 7.11 Å². The maximum atomic E-state index is 13.5. The van der Waals surface area contributed by atoms with Crippen LogP contribution in [0.15, 0.2) is 35.0 Å². The Bertz CT molecular complexity index is 475. The molecule has 2 rings (SSSR count). The number of hydrogen-bond acceptors (Lipinski definition) is 3. The Balaban J connectivity index is 0.00000144. The van der Waals surface area contributed by atoms with E-state index in [1.807, 2.05) is 16.8 Å². The number of halogens is 2. The van der Waals surface area contributed by atoms with Gasteiger partial charge in [0.05, 0.1) is 13.2 Å². The van der Waals surface area contributed by atoms with Gasteiger partial charge >= 0.3 is 0 Å². The molecule has 1 aromatic heterocycles. The smallest absolute Gasteiger partial charge is 0.165 e. The zero-order valence-electron chi connectivity index (χ0n) is 9.22. The molecule has 0 aliphatic carbocycles. The van der Waals surface area contributed by atoms with Gasteiger partial charge in [0.2, 0.25) is 0 Å². The lowest BCUT2D eigenvalue weighted by atomic mass is 10.0. The predicted molar refractivity (Wildman–Crippen MR) is 70.5 cm³/mol. The Kier molecular flexibility index (Phi) is 4.93. The summed E-state index contributed by atoms with van der Waals surface area (Å²) in [5.74, 6) is -0.160. The van der Waals surface area contributed by atoms with Crippen molar-refractivity contribution in [1.29, 1.82) is 0 Å². The van der Waals surface area contributed by atoms with E-state index < -0.39 is 0 Å². The molecule has 0 spiro atoms. The SMILES string of the molecule is COc1c(F)cccc1[C@@H](N)c1ccsc1.Cl. The monoisotopic (exact) mass is 273 g/mol. The van der Waals surface area contributed by atoms with Crippen molar-refractivity contribution >= 4 is 23.7 Å². The molecule has 0 fully saturated rings. The number of methoxy groups -OCH3 is 1. The van der Waals surface area contributed by atoms with Crippen molar-refractivity contribution < 1.29 is 9.13 Å². The first kappa shape index (κ1) is 14.0. The van der Waals surface area contributed by atoms with Gasteiger partial charge in [-0.1, -0.05) is 12.1 Å². The predicted octanol–water partition coefficient (Wildman–Crippen LogP) is 3.37. The molecule has 5 heteroatoms. The highest BCUT2D eigenvalue weighted by Gasteiger charge is 2.16. The quantitative estimate of drug-likeness (QED) is 0.931. The highest BCUT2D eigenvalue weighted by atomic mass is 35.5. The number of rotatable bonds is 3. The molecule has 17 heavy (non-hydrogen) atoms. The fourth-order valence-corrected chi connectivity index (χ4v) is 2.31. The minimum absolute atomic E-state index is 0. The van der Waals surface area contributed by atoms with E-state index >= 15 is 0 Å². The van der Waals surface area contributed by atoms with E-state index in [1.54, 1.807) is 23.5 Å². The summed E-state index contributed by atoms with van der Waals surface area (Å²) in [6, 6.07) is 6.36. The zero-order valence-corrected chi connectivity index (χ0v) is 10.9. The molecule has 0 amide bonds. The van der Waals surface area contributed by atoms with E-state index in [0.717, 1.165) is 5.56 Å². The highest BCUT2D eigenvalue weighted by molar-refractivity contribution is 7.08. The van der Waals surface area contributed by atoms with Gasteiger partial charge in [0.15, 0.2) is 11.6 Å². The summed E-state index contributed by atoms with van der Waals surface area (Å²) in [5, 5.41) is 3.90. The molecule has 2 aromatic rings. The molecule has 0 saturated heterocycles. The Labute approximate surface area is 110 Å². The summed E-state index contributed by atoms with van der Waals surface area (Å²) < 4.78 is 18.5. The van der Waals surface area contributed by atoms with Crippen LogP contribution in [0.4, 0.5) is 4.39 Å². The largest absolute Gasteiger partial charge is 0.493 e. The molecule has 1 heterocycles. The Morgan fingerprint density at radius 2 is 2.12 bits per heavy atom. The number of nitrogens with two attached hydrogens (primary N) is 1. The molecule has 2 nitrogen and oxygen atoms in total. The standard InChI is InChI=1S/C12H12FNOS.ClH/c1-15-12-9(3-2-4-10(12)13)11(14)8-5-6-16-7-8;/h2-7,11H,14H2,1H3;1H/t11-;/m0./s1. The molecule has 2 N–H and O–H groups in total. The second-order valence-electron chi connectivity index (χ2n) is 3.40. The topological polar surface area (TPSA) is 35.2 Å². The second-order valence-corrected chi connectivity index (χ2v) is 4.18. The minimum atomic E-state index is -0.384. The van der Waals surface area contributed by atoms with E-state index in [0.29, 0.717) is 5.56 Å². The summed E-state index contributed by atoms with van der Waals surface area (Å²) in [4.78, 5) is 0. The van der Waals surface area contributed by atoms with Gasteiger partial charge in [0, 0.05) is 5.56 Å². The van der Waals surface area contributed by atoms with Crippen molar-refractivity contribution in [1.82, 2.24) is 0 Å². The lowest BCUT2D eigenvalue weighted by Gasteiger charge is -2.15. The van der Waals surface area contributed by atoms with Crippen molar-refractivity contribution in [3.63, 3.8) is 0 Å². The van der Waals surface area contributed by atoms with Crippen LogP contribution >= 0.6 is 23.7 Å². The van der Waals surface area contributed by atoms with Gasteiger partial charge < -0.3 is 10.5 Å². The van der Waals surface area contributed by atoms with E-state index in [-0.39, 0.29) is 30.0 Å². The first-order valence-electron chi connectivity index (χ1n) is 4.84. The number of thiophene rings is 1. The number of ether oxygens (including phenoxy) is 1. The first-order chi connectivity index (χ1) is 7.74. The number of hydrogen-bond donors (Lipinski definition) is 1. The van der Waals surface area contributed by atoms with E-state index in [2.05, 4.69) is 0 Å². The molecule has 0 saturated carbocycles.